The molecule has 3 nitrogen and oxygen atoms in total. The van der Waals surface area contributed by atoms with Crippen LogP contribution in [0.15, 0.2) is 24.3 Å². The van der Waals surface area contributed by atoms with Crippen LogP contribution in [-0.2, 0) is 11.2 Å². The number of benzene rings is 1. The first kappa shape index (κ1) is 12.7. The molecule has 6 heteroatoms. The molecule has 0 bridgehead atoms. The number of alkyl halides is 3. The van der Waals surface area contributed by atoms with Crippen molar-refractivity contribution >= 4 is 11.6 Å². The highest BCUT2D eigenvalue weighted by molar-refractivity contribution is 5.80. The maximum Gasteiger partial charge on any atom is 0.411 e. The summed E-state index contributed by atoms with van der Waals surface area (Å²) in [5.74, 6) is -0.616. The lowest BCUT2D eigenvalue weighted by atomic mass is 10.1. The van der Waals surface area contributed by atoms with Crippen LogP contribution in [0.1, 0.15) is 18.4 Å². The largest absolute Gasteiger partial charge is 0.411 e. The summed E-state index contributed by atoms with van der Waals surface area (Å²) in [6, 6.07) is 6.47. The molecule has 1 aliphatic rings. The van der Waals surface area contributed by atoms with Crippen molar-refractivity contribution in [2.24, 2.45) is 0 Å². The highest BCUT2D eigenvalue weighted by atomic mass is 19.4. The van der Waals surface area contributed by atoms with Gasteiger partial charge in [-0.3, -0.25) is 4.79 Å². The minimum absolute atomic E-state index is 0.0377. The van der Waals surface area contributed by atoms with Gasteiger partial charge in [0.1, 0.15) is 5.54 Å². The Bertz CT molecular complexity index is 449. The molecule has 0 unspecified atom stereocenters. The minimum atomic E-state index is -4.37. The van der Waals surface area contributed by atoms with Gasteiger partial charge in [0.15, 0.2) is 0 Å². The van der Waals surface area contributed by atoms with Gasteiger partial charge in [-0.25, -0.2) is 0 Å². The van der Waals surface area contributed by atoms with E-state index in [9.17, 15) is 18.0 Å². The summed E-state index contributed by atoms with van der Waals surface area (Å²) in [5.41, 5.74) is 4.68. The maximum atomic E-state index is 12.6. The standard InChI is InChI=1S/C12H13F3N2O/c13-12(14,15)11(5-6-11)17-10(18)7-8-1-3-9(16)4-2-8/h1-4H,5-7,16H2,(H,17,18). The third kappa shape index (κ3) is 2.57. The third-order valence-corrected chi connectivity index (χ3v) is 3.02. The van der Waals surface area contributed by atoms with Crippen LogP contribution in [0.3, 0.4) is 0 Å². The van der Waals surface area contributed by atoms with E-state index in [1.54, 1.807) is 24.3 Å². The summed E-state index contributed by atoms with van der Waals surface area (Å²) in [7, 11) is 0. The van der Waals surface area contributed by atoms with Gasteiger partial charge in [0, 0.05) is 5.69 Å². The third-order valence-electron chi connectivity index (χ3n) is 3.02. The number of carbonyl (C=O) groups excluding carboxylic acids is 1. The zero-order chi connectivity index (χ0) is 13.4. The van der Waals surface area contributed by atoms with Gasteiger partial charge in [0.05, 0.1) is 6.42 Å². The zero-order valence-electron chi connectivity index (χ0n) is 9.55. The van der Waals surface area contributed by atoms with E-state index >= 15 is 0 Å². The smallest absolute Gasteiger partial charge is 0.399 e. The van der Waals surface area contributed by atoms with Crippen LogP contribution in [0.2, 0.25) is 0 Å². The van der Waals surface area contributed by atoms with Crippen LogP contribution in [0.5, 0.6) is 0 Å². The Kier molecular flexibility index (Phi) is 2.96. The molecule has 0 aliphatic heterocycles. The van der Waals surface area contributed by atoms with Gasteiger partial charge >= 0.3 is 6.18 Å². The number of halogens is 3. The lowest BCUT2D eigenvalue weighted by Crippen LogP contribution is -2.48. The molecule has 1 saturated carbocycles. The van der Waals surface area contributed by atoms with Gasteiger partial charge in [0.2, 0.25) is 5.91 Å². The monoisotopic (exact) mass is 258 g/mol. The number of carbonyl (C=O) groups is 1. The molecule has 1 aromatic carbocycles. The molecule has 0 radical (unpaired) electrons. The van der Waals surface area contributed by atoms with Crippen molar-refractivity contribution in [3.63, 3.8) is 0 Å². The van der Waals surface area contributed by atoms with E-state index in [0.29, 0.717) is 11.3 Å². The molecule has 1 aliphatic carbocycles. The van der Waals surface area contributed by atoms with E-state index in [1.165, 1.54) is 0 Å². The van der Waals surface area contributed by atoms with Crippen LogP contribution < -0.4 is 11.1 Å². The first-order valence-corrected chi connectivity index (χ1v) is 5.55. The minimum Gasteiger partial charge on any atom is -0.399 e. The molecule has 1 amide bonds. The van der Waals surface area contributed by atoms with Gasteiger partial charge in [-0.1, -0.05) is 12.1 Å². The van der Waals surface area contributed by atoms with E-state index in [4.69, 9.17) is 5.73 Å². The van der Waals surface area contributed by atoms with Crippen molar-refractivity contribution in [2.45, 2.75) is 31.0 Å². The summed E-state index contributed by atoms with van der Waals surface area (Å²) in [6.45, 7) is 0. The van der Waals surface area contributed by atoms with Crippen LogP contribution in [0.25, 0.3) is 0 Å². The molecule has 1 aromatic rings. The molecule has 18 heavy (non-hydrogen) atoms. The summed E-state index contributed by atoms with van der Waals surface area (Å²) < 4.78 is 37.9. The van der Waals surface area contributed by atoms with E-state index < -0.39 is 17.6 Å². The fourth-order valence-corrected chi connectivity index (χ4v) is 1.74. The van der Waals surface area contributed by atoms with Crippen LogP contribution in [0.4, 0.5) is 18.9 Å². The molecular formula is C12H13F3N2O. The van der Waals surface area contributed by atoms with Gasteiger partial charge < -0.3 is 11.1 Å². The zero-order valence-corrected chi connectivity index (χ0v) is 9.55. The number of amides is 1. The summed E-state index contributed by atoms with van der Waals surface area (Å²) in [6.07, 6.45) is -4.52. The molecule has 0 saturated heterocycles. The van der Waals surface area contributed by atoms with E-state index in [-0.39, 0.29) is 19.3 Å². The number of rotatable bonds is 3. The van der Waals surface area contributed by atoms with Crippen molar-refractivity contribution in [1.29, 1.82) is 0 Å². The normalized spacial score (nSPS) is 17.3. The van der Waals surface area contributed by atoms with Gasteiger partial charge in [0.25, 0.3) is 0 Å². The van der Waals surface area contributed by atoms with Gasteiger partial charge in [-0.2, -0.15) is 13.2 Å². The first-order valence-electron chi connectivity index (χ1n) is 5.55. The lowest BCUT2D eigenvalue weighted by Gasteiger charge is -2.20. The second-order valence-electron chi connectivity index (χ2n) is 4.55. The Morgan fingerprint density at radius 1 is 1.28 bits per heavy atom. The highest BCUT2D eigenvalue weighted by Crippen LogP contribution is 2.48. The molecule has 3 N–H and O–H groups in total. The fourth-order valence-electron chi connectivity index (χ4n) is 1.74. The Morgan fingerprint density at radius 3 is 2.28 bits per heavy atom. The molecule has 0 heterocycles. The molecule has 0 aromatic heterocycles. The van der Waals surface area contributed by atoms with E-state index in [0.717, 1.165) is 0 Å². The maximum absolute atomic E-state index is 12.6. The van der Waals surface area contributed by atoms with E-state index in [1.807, 2.05) is 0 Å². The average molecular weight is 258 g/mol. The lowest BCUT2D eigenvalue weighted by molar-refractivity contribution is -0.170. The topological polar surface area (TPSA) is 55.1 Å². The highest BCUT2D eigenvalue weighted by Gasteiger charge is 2.64. The van der Waals surface area contributed by atoms with Crippen LogP contribution >= 0.6 is 0 Å². The number of nitrogen functional groups attached to an aromatic ring is 1. The molecule has 0 atom stereocenters. The van der Waals surface area contributed by atoms with Crippen molar-refractivity contribution in [2.75, 3.05) is 5.73 Å². The fraction of sp³-hybridized carbons (Fsp3) is 0.417. The molecule has 1 fully saturated rings. The number of hydrogen-bond donors (Lipinski definition) is 2. The second-order valence-corrected chi connectivity index (χ2v) is 4.55. The molecule has 2 rings (SSSR count). The number of nitrogens with one attached hydrogen (secondary N) is 1. The Hall–Kier alpha value is -1.72. The Morgan fingerprint density at radius 2 is 1.83 bits per heavy atom. The molecule has 0 spiro atoms. The number of hydrogen-bond acceptors (Lipinski definition) is 2. The van der Waals surface area contributed by atoms with Gasteiger partial charge in [-0.15, -0.1) is 0 Å². The van der Waals surface area contributed by atoms with Crippen LogP contribution in [0, 0.1) is 0 Å². The Labute approximate surface area is 102 Å². The van der Waals surface area contributed by atoms with Gasteiger partial charge in [-0.05, 0) is 30.5 Å². The number of nitrogens with two attached hydrogens (primary N) is 1. The first-order chi connectivity index (χ1) is 8.32. The molecule has 98 valence electrons. The van der Waals surface area contributed by atoms with Crippen molar-refractivity contribution in [3.05, 3.63) is 29.8 Å². The van der Waals surface area contributed by atoms with Crippen molar-refractivity contribution in [3.8, 4) is 0 Å². The predicted molar refractivity (Wildman–Crippen MR) is 60.7 cm³/mol. The average Bonchev–Trinajstić information content (AvgIpc) is 3.01. The second kappa shape index (κ2) is 4.19. The SMILES string of the molecule is Nc1ccc(CC(=O)NC2(C(F)(F)F)CC2)cc1. The summed E-state index contributed by atoms with van der Waals surface area (Å²) >= 11 is 0. The Balaban J connectivity index is 1.96. The molecular weight excluding hydrogens is 245 g/mol. The quantitative estimate of drug-likeness (QED) is 0.815. The van der Waals surface area contributed by atoms with Crippen molar-refractivity contribution in [1.82, 2.24) is 5.32 Å². The van der Waals surface area contributed by atoms with E-state index in [2.05, 4.69) is 5.32 Å². The summed E-state index contributed by atoms with van der Waals surface area (Å²) in [5, 5.41) is 2.08. The van der Waals surface area contributed by atoms with Crippen LogP contribution in [-0.4, -0.2) is 17.6 Å². The predicted octanol–water partition coefficient (Wildman–Crippen LogP) is 2.02. The summed E-state index contributed by atoms with van der Waals surface area (Å²) in [4.78, 5) is 11.6. The van der Waals surface area contributed by atoms with Crippen molar-refractivity contribution < 1.29 is 18.0 Å². The number of anilines is 1.